The van der Waals surface area contributed by atoms with E-state index >= 15 is 0 Å². The summed E-state index contributed by atoms with van der Waals surface area (Å²) in [6.45, 7) is 1.69. The van der Waals surface area contributed by atoms with Gasteiger partial charge in [0.25, 0.3) is 0 Å². The van der Waals surface area contributed by atoms with E-state index in [0.717, 1.165) is 42.6 Å². The summed E-state index contributed by atoms with van der Waals surface area (Å²) in [5, 5.41) is 3.42. The van der Waals surface area contributed by atoms with Crippen molar-refractivity contribution >= 4 is 27.7 Å². The number of aromatic nitrogens is 1. The van der Waals surface area contributed by atoms with Crippen molar-refractivity contribution in [1.82, 2.24) is 9.88 Å². The number of nitrogens with zero attached hydrogens (tertiary/aromatic N) is 2. The summed E-state index contributed by atoms with van der Waals surface area (Å²) >= 11 is 3.38. The van der Waals surface area contributed by atoms with Crippen LogP contribution in [0.5, 0.6) is 0 Å². The topological polar surface area (TPSA) is 45.2 Å². The Balaban J connectivity index is 1.54. The minimum Gasteiger partial charge on any atom is -0.365 e. The number of anilines is 1. The predicted octanol–water partition coefficient (Wildman–Crippen LogP) is 3.05. The fourth-order valence-corrected chi connectivity index (χ4v) is 3.41. The van der Waals surface area contributed by atoms with Gasteiger partial charge in [-0.15, -0.1) is 0 Å². The van der Waals surface area contributed by atoms with E-state index in [1.54, 1.807) is 6.20 Å². The van der Waals surface area contributed by atoms with E-state index in [0.29, 0.717) is 17.9 Å². The molecule has 2 heterocycles. The predicted molar refractivity (Wildman–Crippen MR) is 82.5 cm³/mol. The summed E-state index contributed by atoms with van der Waals surface area (Å²) < 4.78 is 0.979. The van der Waals surface area contributed by atoms with Crippen LogP contribution in [0.1, 0.15) is 32.1 Å². The van der Waals surface area contributed by atoms with Gasteiger partial charge in [-0.3, -0.25) is 4.79 Å². The van der Waals surface area contributed by atoms with Crippen LogP contribution in [0.2, 0.25) is 0 Å². The second-order valence-electron chi connectivity index (χ2n) is 5.76. The standard InChI is InChI=1S/C15H20BrN3O/c16-12-5-6-14(17-9-12)18-13-7-8-19(10-13)15(20)11-3-1-2-4-11/h5-6,9,11,13H,1-4,7-8,10H2,(H,17,18). The van der Waals surface area contributed by atoms with Gasteiger partial charge in [-0.2, -0.15) is 0 Å². The first-order valence-electron chi connectivity index (χ1n) is 7.39. The molecule has 1 amide bonds. The number of pyridine rings is 1. The van der Waals surface area contributed by atoms with Crippen molar-refractivity contribution in [1.29, 1.82) is 0 Å². The van der Waals surface area contributed by atoms with Gasteiger partial charge in [0.15, 0.2) is 0 Å². The molecule has 1 saturated heterocycles. The third-order valence-corrected chi connectivity index (χ3v) is 4.75. The molecule has 1 aromatic heterocycles. The lowest BCUT2D eigenvalue weighted by atomic mass is 10.1. The lowest BCUT2D eigenvalue weighted by molar-refractivity contribution is -0.134. The van der Waals surface area contributed by atoms with Crippen LogP contribution < -0.4 is 5.32 Å². The molecule has 5 heteroatoms. The van der Waals surface area contributed by atoms with E-state index in [-0.39, 0.29) is 0 Å². The number of carbonyl (C=O) groups excluding carboxylic acids is 1. The molecular weight excluding hydrogens is 318 g/mol. The molecule has 1 atom stereocenters. The van der Waals surface area contributed by atoms with Crippen molar-refractivity contribution in [3.05, 3.63) is 22.8 Å². The van der Waals surface area contributed by atoms with E-state index in [2.05, 4.69) is 26.2 Å². The number of nitrogens with one attached hydrogen (secondary N) is 1. The fraction of sp³-hybridized carbons (Fsp3) is 0.600. The van der Waals surface area contributed by atoms with Gasteiger partial charge in [-0.1, -0.05) is 12.8 Å². The number of rotatable bonds is 3. The highest BCUT2D eigenvalue weighted by molar-refractivity contribution is 9.10. The molecule has 0 radical (unpaired) electrons. The minimum absolute atomic E-state index is 0.291. The Kier molecular flexibility index (Phi) is 4.24. The average molecular weight is 338 g/mol. The molecule has 1 unspecified atom stereocenters. The molecule has 108 valence electrons. The van der Waals surface area contributed by atoms with E-state index in [9.17, 15) is 4.79 Å². The molecule has 20 heavy (non-hydrogen) atoms. The Hall–Kier alpha value is -1.10. The number of amides is 1. The van der Waals surface area contributed by atoms with E-state index < -0.39 is 0 Å². The van der Waals surface area contributed by atoms with Crippen molar-refractivity contribution in [3.63, 3.8) is 0 Å². The van der Waals surface area contributed by atoms with Gasteiger partial charge >= 0.3 is 0 Å². The Labute approximate surface area is 128 Å². The summed E-state index contributed by atoms with van der Waals surface area (Å²) in [7, 11) is 0. The van der Waals surface area contributed by atoms with E-state index in [4.69, 9.17) is 0 Å². The molecule has 1 N–H and O–H groups in total. The zero-order valence-electron chi connectivity index (χ0n) is 11.5. The summed E-state index contributed by atoms with van der Waals surface area (Å²) in [6.07, 6.45) is 7.40. The maximum Gasteiger partial charge on any atom is 0.225 e. The highest BCUT2D eigenvalue weighted by atomic mass is 79.9. The average Bonchev–Trinajstić information content (AvgIpc) is 3.12. The summed E-state index contributed by atoms with van der Waals surface area (Å²) in [5.74, 6) is 1.54. The molecule has 1 saturated carbocycles. The maximum absolute atomic E-state index is 12.4. The van der Waals surface area contributed by atoms with E-state index in [1.807, 2.05) is 17.0 Å². The number of halogens is 1. The smallest absolute Gasteiger partial charge is 0.225 e. The maximum atomic E-state index is 12.4. The van der Waals surface area contributed by atoms with Gasteiger partial charge in [-0.25, -0.2) is 4.98 Å². The molecule has 2 aliphatic rings. The molecule has 4 nitrogen and oxygen atoms in total. The highest BCUT2D eigenvalue weighted by Crippen LogP contribution is 2.28. The van der Waals surface area contributed by atoms with Crippen LogP contribution in [0.15, 0.2) is 22.8 Å². The van der Waals surface area contributed by atoms with Crippen molar-refractivity contribution in [2.45, 2.75) is 38.1 Å². The van der Waals surface area contributed by atoms with Crippen LogP contribution in [0.25, 0.3) is 0 Å². The molecule has 2 fully saturated rings. The Morgan fingerprint density at radius 1 is 1.30 bits per heavy atom. The lowest BCUT2D eigenvalue weighted by Crippen LogP contribution is -2.35. The van der Waals surface area contributed by atoms with E-state index in [1.165, 1.54) is 12.8 Å². The van der Waals surface area contributed by atoms with Gasteiger partial charge in [0, 0.05) is 35.7 Å². The first-order chi connectivity index (χ1) is 9.72. The molecular formula is C15H20BrN3O. The second kappa shape index (κ2) is 6.12. The lowest BCUT2D eigenvalue weighted by Gasteiger charge is -2.20. The van der Waals surface area contributed by atoms with Gasteiger partial charge < -0.3 is 10.2 Å². The molecule has 1 aromatic rings. The molecule has 0 bridgehead atoms. The third-order valence-electron chi connectivity index (χ3n) is 4.28. The molecule has 3 rings (SSSR count). The highest BCUT2D eigenvalue weighted by Gasteiger charge is 2.32. The van der Waals surface area contributed by atoms with Crippen LogP contribution in [0, 0.1) is 5.92 Å². The first-order valence-corrected chi connectivity index (χ1v) is 8.18. The Morgan fingerprint density at radius 3 is 2.80 bits per heavy atom. The molecule has 0 spiro atoms. The van der Waals surface area contributed by atoms with Crippen molar-refractivity contribution in [2.24, 2.45) is 5.92 Å². The second-order valence-corrected chi connectivity index (χ2v) is 6.67. The van der Waals surface area contributed by atoms with Crippen LogP contribution in [-0.4, -0.2) is 34.9 Å². The van der Waals surface area contributed by atoms with Gasteiger partial charge in [0.2, 0.25) is 5.91 Å². The largest absolute Gasteiger partial charge is 0.365 e. The van der Waals surface area contributed by atoms with Gasteiger partial charge in [0.1, 0.15) is 5.82 Å². The monoisotopic (exact) mass is 337 g/mol. The van der Waals surface area contributed by atoms with Crippen LogP contribution >= 0.6 is 15.9 Å². The quantitative estimate of drug-likeness (QED) is 0.921. The Morgan fingerprint density at radius 2 is 2.10 bits per heavy atom. The number of hydrogen-bond donors (Lipinski definition) is 1. The van der Waals surface area contributed by atoms with Gasteiger partial charge in [-0.05, 0) is 47.3 Å². The molecule has 0 aromatic carbocycles. The number of carbonyl (C=O) groups is 1. The first kappa shape index (κ1) is 13.9. The minimum atomic E-state index is 0.291. The van der Waals surface area contributed by atoms with Gasteiger partial charge in [0.05, 0.1) is 0 Å². The normalized spacial score (nSPS) is 23.2. The summed E-state index contributed by atoms with van der Waals surface area (Å²) in [4.78, 5) is 18.7. The summed E-state index contributed by atoms with van der Waals surface area (Å²) in [5.41, 5.74) is 0. The van der Waals surface area contributed by atoms with Crippen molar-refractivity contribution in [3.8, 4) is 0 Å². The van der Waals surface area contributed by atoms with Crippen LogP contribution in [0.4, 0.5) is 5.82 Å². The summed E-state index contributed by atoms with van der Waals surface area (Å²) in [6, 6.07) is 4.27. The van der Waals surface area contributed by atoms with Crippen LogP contribution in [-0.2, 0) is 4.79 Å². The number of likely N-dealkylation sites (tertiary alicyclic amines) is 1. The fourth-order valence-electron chi connectivity index (χ4n) is 3.18. The Bertz CT molecular complexity index is 471. The zero-order valence-corrected chi connectivity index (χ0v) is 13.1. The third kappa shape index (κ3) is 3.14. The molecule has 1 aliphatic heterocycles. The van der Waals surface area contributed by atoms with Crippen molar-refractivity contribution in [2.75, 3.05) is 18.4 Å². The molecule has 1 aliphatic carbocycles. The van der Waals surface area contributed by atoms with Crippen molar-refractivity contribution < 1.29 is 4.79 Å². The SMILES string of the molecule is O=C(C1CCCC1)N1CCC(Nc2ccc(Br)cn2)C1. The number of hydrogen-bond acceptors (Lipinski definition) is 3. The zero-order chi connectivity index (χ0) is 13.9. The van der Waals surface area contributed by atoms with Crippen LogP contribution in [0.3, 0.4) is 0 Å².